The van der Waals surface area contributed by atoms with Crippen molar-refractivity contribution in [1.82, 2.24) is 10.6 Å². The van der Waals surface area contributed by atoms with Crippen molar-refractivity contribution >= 4 is 18.0 Å². The van der Waals surface area contributed by atoms with Crippen molar-refractivity contribution in [2.75, 3.05) is 26.8 Å². The molecule has 0 radical (unpaired) electrons. The first kappa shape index (κ1) is 15.2. The highest BCUT2D eigenvalue weighted by atomic mass is 16.5. The number of nitrogens with one attached hydrogen (secondary N) is 2. The Balaban J connectivity index is 3.87. The van der Waals surface area contributed by atoms with Gasteiger partial charge in [0, 0.05) is 20.0 Å². The van der Waals surface area contributed by atoms with Crippen molar-refractivity contribution in [2.45, 2.75) is 13.0 Å². The molecule has 8 heteroatoms. The van der Waals surface area contributed by atoms with Crippen LogP contribution >= 0.6 is 0 Å². The van der Waals surface area contributed by atoms with Gasteiger partial charge in [-0.3, -0.25) is 4.79 Å². The van der Waals surface area contributed by atoms with Crippen molar-refractivity contribution in [3.05, 3.63) is 0 Å². The number of carbonyl (C=O) groups excluding carboxylic acids is 3. The number of amides is 2. The van der Waals surface area contributed by atoms with Gasteiger partial charge in [0.05, 0.1) is 7.11 Å². The lowest BCUT2D eigenvalue weighted by atomic mass is 10.3. The SMILES string of the molecule is COC(=O)C(CNCCOC(N)=O)NC(C)=O. The van der Waals surface area contributed by atoms with E-state index in [1.54, 1.807) is 0 Å². The molecule has 0 bridgehead atoms. The molecule has 0 fully saturated rings. The third kappa shape index (κ3) is 8.03. The molecule has 0 aliphatic heterocycles. The lowest BCUT2D eigenvalue weighted by molar-refractivity contribution is -0.144. The molecule has 0 aromatic rings. The highest BCUT2D eigenvalue weighted by Gasteiger charge is 2.19. The van der Waals surface area contributed by atoms with Crippen molar-refractivity contribution < 1.29 is 23.9 Å². The Morgan fingerprint density at radius 2 is 2.00 bits per heavy atom. The molecule has 0 heterocycles. The van der Waals surface area contributed by atoms with E-state index in [4.69, 9.17) is 5.73 Å². The van der Waals surface area contributed by atoms with Gasteiger partial charge in [0.2, 0.25) is 5.91 Å². The minimum Gasteiger partial charge on any atom is -0.467 e. The number of carbonyl (C=O) groups is 3. The summed E-state index contributed by atoms with van der Waals surface area (Å²) in [7, 11) is 1.23. The van der Waals surface area contributed by atoms with E-state index in [1.165, 1.54) is 14.0 Å². The zero-order valence-electron chi connectivity index (χ0n) is 9.82. The summed E-state index contributed by atoms with van der Waals surface area (Å²) >= 11 is 0. The molecule has 1 atom stereocenters. The largest absolute Gasteiger partial charge is 0.467 e. The maximum atomic E-state index is 11.2. The van der Waals surface area contributed by atoms with E-state index in [-0.39, 0.29) is 19.1 Å². The van der Waals surface area contributed by atoms with Crippen molar-refractivity contribution in [2.24, 2.45) is 5.73 Å². The molecule has 0 spiro atoms. The summed E-state index contributed by atoms with van der Waals surface area (Å²) in [5, 5.41) is 5.23. The molecular formula is C9H17N3O5. The highest BCUT2D eigenvalue weighted by molar-refractivity contribution is 5.83. The molecular weight excluding hydrogens is 230 g/mol. The summed E-state index contributed by atoms with van der Waals surface area (Å²) in [6, 6.07) is -0.772. The predicted molar refractivity (Wildman–Crippen MR) is 58.0 cm³/mol. The molecule has 98 valence electrons. The number of hydrogen-bond acceptors (Lipinski definition) is 6. The molecule has 0 aromatic carbocycles. The zero-order chi connectivity index (χ0) is 13.3. The number of primary amides is 1. The van der Waals surface area contributed by atoms with Crippen LogP contribution in [0.5, 0.6) is 0 Å². The number of ether oxygens (including phenoxy) is 2. The maximum absolute atomic E-state index is 11.2. The Hall–Kier alpha value is -1.83. The van der Waals surface area contributed by atoms with E-state index in [2.05, 4.69) is 20.1 Å². The first-order chi connectivity index (χ1) is 7.97. The van der Waals surface area contributed by atoms with E-state index < -0.39 is 18.1 Å². The molecule has 2 amide bonds. The van der Waals surface area contributed by atoms with Gasteiger partial charge in [-0.25, -0.2) is 9.59 Å². The molecule has 0 aliphatic rings. The molecule has 8 nitrogen and oxygen atoms in total. The molecule has 0 saturated carbocycles. The monoisotopic (exact) mass is 247 g/mol. The van der Waals surface area contributed by atoms with Gasteiger partial charge in [0.15, 0.2) is 0 Å². The topological polar surface area (TPSA) is 120 Å². The van der Waals surface area contributed by atoms with Crippen LogP contribution in [0, 0.1) is 0 Å². The van der Waals surface area contributed by atoms with E-state index in [1.807, 2.05) is 0 Å². The Labute approximate surface area is 98.8 Å². The second kappa shape index (κ2) is 8.34. The number of rotatable bonds is 7. The molecule has 0 aromatic heterocycles. The lowest BCUT2D eigenvalue weighted by Gasteiger charge is -2.15. The van der Waals surface area contributed by atoms with Crippen LogP contribution in [-0.4, -0.2) is 50.8 Å². The third-order valence-corrected chi connectivity index (χ3v) is 1.73. The average Bonchev–Trinajstić information content (AvgIpc) is 2.25. The van der Waals surface area contributed by atoms with Crippen LogP contribution in [0.3, 0.4) is 0 Å². The Morgan fingerprint density at radius 3 is 2.47 bits per heavy atom. The van der Waals surface area contributed by atoms with Crippen molar-refractivity contribution in [3.8, 4) is 0 Å². The Bertz CT molecular complexity index is 282. The molecule has 4 N–H and O–H groups in total. The maximum Gasteiger partial charge on any atom is 0.404 e. The van der Waals surface area contributed by atoms with E-state index in [9.17, 15) is 14.4 Å². The number of methoxy groups -OCH3 is 1. The fourth-order valence-corrected chi connectivity index (χ4v) is 1.05. The average molecular weight is 247 g/mol. The number of hydrogen-bond donors (Lipinski definition) is 3. The van der Waals surface area contributed by atoms with Crippen LogP contribution in [-0.2, 0) is 19.1 Å². The molecule has 0 aliphatic carbocycles. The zero-order valence-corrected chi connectivity index (χ0v) is 9.82. The Kier molecular flexibility index (Phi) is 7.44. The summed E-state index contributed by atoms with van der Waals surface area (Å²) in [6.07, 6.45) is -0.863. The highest BCUT2D eigenvalue weighted by Crippen LogP contribution is 1.87. The van der Waals surface area contributed by atoms with E-state index in [0.717, 1.165) is 0 Å². The quantitative estimate of drug-likeness (QED) is 0.366. The van der Waals surface area contributed by atoms with Gasteiger partial charge in [-0.2, -0.15) is 0 Å². The smallest absolute Gasteiger partial charge is 0.404 e. The van der Waals surface area contributed by atoms with Crippen LogP contribution in [0.1, 0.15) is 6.92 Å². The van der Waals surface area contributed by atoms with Crippen molar-refractivity contribution in [1.29, 1.82) is 0 Å². The standard InChI is InChI=1S/C9H17N3O5/c1-6(13)12-7(8(14)16-2)5-11-3-4-17-9(10)15/h7,11H,3-5H2,1-2H3,(H2,10,15)(H,12,13). The normalized spacial score (nSPS) is 11.4. The van der Waals surface area contributed by atoms with Gasteiger partial charge in [-0.05, 0) is 0 Å². The summed E-state index contributed by atoms with van der Waals surface area (Å²) < 4.78 is 8.97. The molecule has 1 unspecified atom stereocenters. The number of esters is 1. The minimum absolute atomic E-state index is 0.0866. The van der Waals surface area contributed by atoms with Gasteiger partial charge < -0.3 is 25.8 Å². The van der Waals surface area contributed by atoms with Crippen LogP contribution in [0.4, 0.5) is 4.79 Å². The minimum atomic E-state index is -0.863. The fraction of sp³-hybridized carbons (Fsp3) is 0.667. The van der Waals surface area contributed by atoms with Crippen LogP contribution in [0.2, 0.25) is 0 Å². The van der Waals surface area contributed by atoms with Gasteiger partial charge in [0.1, 0.15) is 12.6 Å². The molecule has 0 saturated heterocycles. The first-order valence-electron chi connectivity index (χ1n) is 4.95. The molecule has 17 heavy (non-hydrogen) atoms. The van der Waals surface area contributed by atoms with E-state index >= 15 is 0 Å². The Morgan fingerprint density at radius 1 is 1.35 bits per heavy atom. The summed E-state index contributed by atoms with van der Waals surface area (Å²) in [6.45, 7) is 1.87. The van der Waals surface area contributed by atoms with Gasteiger partial charge >= 0.3 is 12.1 Å². The predicted octanol–water partition coefficient (Wildman–Crippen LogP) is -1.65. The second-order valence-electron chi connectivity index (χ2n) is 3.15. The van der Waals surface area contributed by atoms with Gasteiger partial charge in [0.25, 0.3) is 0 Å². The number of nitrogens with two attached hydrogens (primary N) is 1. The van der Waals surface area contributed by atoms with Crippen LogP contribution in [0.15, 0.2) is 0 Å². The summed E-state index contributed by atoms with van der Waals surface area (Å²) in [4.78, 5) is 32.3. The summed E-state index contributed by atoms with van der Waals surface area (Å²) in [5.41, 5.74) is 4.75. The lowest BCUT2D eigenvalue weighted by Crippen LogP contribution is -2.47. The summed E-state index contributed by atoms with van der Waals surface area (Å²) in [5.74, 6) is -0.890. The second-order valence-corrected chi connectivity index (χ2v) is 3.15. The first-order valence-corrected chi connectivity index (χ1v) is 4.95. The van der Waals surface area contributed by atoms with Gasteiger partial charge in [-0.1, -0.05) is 0 Å². The van der Waals surface area contributed by atoms with Crippen LogP contribution < -0.4 is 16.4 Å². The third-order valence-electron chi connectivity index (χ3n) is 1.73. The van der Waals surface area contributed by atoms with Crippen LogP contribution in [0.25, 0.3) is 0 Å². The van der Waals surface area contributed by atoms with Gasteiger partial charge in [-0.15, -0.1) is 0 Å². The van der Waals surface area contributed by atoms with E-state index in [0.29, 0.717) is 6.54 Å². The fourth-order valence-electron chi connectivity index (χ4n) is 1.05. The molecule has 0 rings (SSSR count). The van der Waals surface area contributed by atoms with Crippen molar-refractivity contribution in [3.63, 3.8) is 0 Å².